The molecule has 0 spiro atoms. The van der Waals surface area contributed by atoms with Gasteiger partial charge in [-0.05, 0) is 61.6 Å². The summed E-state index contributed by atoms with van der Waals surface area (Å²) in [7, 11) is 1.60. The number of anilines is 1. The van der Waals surface area contributed by atoms with Gasteiger partial charge in [0, 0.05) is 24.0 Å². The van der Waals surface area contributed by atoms with E-state index in [0.29, 0.717) is 5.69 Å². The summed E-state index contributed by atoms with van der Waals surface area (Å²) in [4.78, 5) is 27.1. The Labute approximate surface area is 180 Å². The van der Waals surface area contributed by atoms with E-state index in [9.17, 15) is 14.0 Å². The lowest BCUT2D eigenvalue weighted by atomic mass is 10.1. The van der Waals surface area contributed by atoms with Crippen LogP contribution in [-0.4, -0.2) is 40.1 Å². The van der Waals surface area contributed by atoms with Crippen LogP contribution in [0, 0.1) is 5.82 Å². The minimum absolute atomic E-state index is 0.0743. The summed E-state index contributed by atoms with van der Waals surface area (Å²) in [5.74, 6) is -0.872. The molecule has 6 nitrogen and oxygen atoms in total. The smallest absolute Gasteiger partial charge is 0.274 e. The van der Waals surface area contributed by atoms with Crippen LogP contribution in [-0.2, 0) is 24.1 Å². The number of benzene rings is 2. The van der Waals surface area contributed by atoms with Gasteiger partial charge in [0.15, 0.2) is 5.69 Å². The van der Waals surface area contributed by atoms with Gasteiger partial charge in [0.25, 0.3) is 5.91 Å². The zero-order valence-electron chi connectivity index (χ0n) is 17.7. The molecule has 0 atom stereocenters. The van der Waals surface area contributed by atoms with Gasteiger partial charge in [0.1, 0.15) is 5.82 Å². The van der Waals surface area contributed by atoms with Crippen molar-refractivity contribution in [2.24, 2.45) is 0 Å². The third-order valence-electron chi connectivity index (χ3n) is 5.60. The van der Waals surface area contributed by atoms with Crippen LogP contribution in [0.15, 0.2) is 48.5 Å². The van der Waals surface area contributed by atoms with Crippen LogP contribution in [0.5, 0.6) is 0 Å². The normalized spacial score (nSPS) is 12.5. The zero-order chi connectivity index (χ0) is 22.0. The van der Waals surface area contributed by atoms with Crippen LogP contribution in [0.1, 0.15) is 40.7 Å². The van der Waals surface area contributed by atoms with Gasteiger partial charge in [0.2, 0.25) is 5.91 Å². The number of nitrogens with one attached hydrogen (secondary N) is 1. The Morgan fingerprint density at radius 1 is 1.13 bits per heavy atom. The second-order valence-corrected chi connectivity index (χ2v) is 7.74. The van der Waals surface area contributed by atoms with Gasteiger partial charge >= 0.3 is 0 Å². The quantitative estimate of drug-likeness (QED) is 0.660. The molecular formula is C24H25FN4O2. The van der Waals surface area contributed by atoms with Crippen LogP contribution in [0.25, 0.3) is 5.69 Å². The lowest BCUT2D eigenvalue weighted by Crippen LogP contribution is -2.35. The first kappa shape index (κ1) is 20.8. The fraction of sp³-hybridized carbons (Fsp3) is 0.292. The van der Waals surface area contributed by atoms with E-state index in [1.165, 1.54) is 17.0 Å². The Kier molecular flexibility index (Phi) is 5.84. The number of amides is 2. The molecule has 4 rings (SSSR count). The summed E-state index contributed by atoms with van der Waals surface area (Å²) in [6, 6.07) is 13.7. The molecule has 0 radical (unpaired) electrons. The molecule has 3 aromatic rings. The highest BCUT2D eigenvalue weighted by molar-refractivity contribution is 5.99. The van der Waals surface area contributed by atoms with Crippen molar-refractivity contribution in [2.45, 2.75) is 32.6 Å². The van der Waals surface area contributed by atoms with Crippen LogP contribution in [0.2, 0.25) is 0 Å². The number of halogens is 1. The summed E-state index contributed by atoms with van der Waals surface area (Å²) in [6.45, 7) is 1.95. The molecule has 1 N–H and O–H groups in total. The number of carbonyl (C=O) groups excluding carboxylic acids is 2. The van der Waals surface area contributed by atoms with E-state index >= 15 is 0 Å². The van der Waals surface area contributed by atoms with Gasteiger partial charge in [0.05, 0.1) is 12.2 Å². The van der Waals surface area contributed by atoms with Crippen LogP contribution >= 0.6 is 0 Å². The monoisotopic (exact) mass is 420 g/mol. The molecule has 31 heavy (non-hydrogen) atoms. The molecular weight excluding hydrogens is 395 g/mol. The Bertz CT molecular complexity index is 1120. The Morgan fingerprint density at radius 2 is 1.87 bits per heavy atom. The van der Waals surface area contributed by atoms with Crippen molar-refractivity contribution in [3.8, 4) is 5.69 Å². The van der Waals surface area contributed by atoms with E-state index in [1.54, 1.807) is 23.9 Å². The predicted octanol–water partition coefficient (Wildman–Crippen LogP) is 3.77. The SMILES string of the molecule is CCc1ccccc1NC(=O)CN(C)C(=O)c1nn(-c2ccc(F)cc2)c2c1CCC2. The molecule has 1 heterocycles. The number of fused-ring (bicyclic) bond motifs is 1. The molecule has 0 saturated carbocycles. The summed E-state index contributed by atoms with van der Waals surface area (Å²) >= 11 is 0. The second kappa shape index (κ2) is 8.71. The van der Waals surface area contributed by atoms with E-state index in [2.05, 4.69) is 10.4 Å². The number of hydrogen-bond donors (Lipinski definition) is 1. The van der Waals surface area contributed by atoms with Crippen molar-refractivity contribution >= 4 is 17.5 Å². The van der Waals surface area contributed by atoms with Crippen molar-refractivity contribution in [1.82, 2.24) is 14.7 Å². The largest absolute Gasteiger partial charge is 0.331 e. The number of carbonyl (C=O) groups is 2. The summed E-state index contributed by atoms with van der Waals surface area (Å²) in [6.07, 6.45) is 3.32. The highest BCUT2D eigenvalue weighted by atomic mass is 19.1. The maximum atomic E-state index is 13.3. The van der Waals surface area contributed by atoms with Crippen LogP contribution in [0.4, 0.5) is 10.1 Å². The number of nitrogens with zero attached hydrogens (tertiary/aromatic N) is 3. The van der Waals surface area contributed by atoms with Crippen molar-refractivity contribution in [3.05, 3.63) is 76.9 Å². The van der Waals surface area contributed by atoms with E-state index in [4.69, 9.17) is 0 Å². The summed E-state index contributed by atoms with van der Waals surface area (Å²) < 4.78 is 15.0. The number of likely N-dealkylation sites (N-methyl/N-ethyl adjacent to an activating group) is 1. The van der Waals surface area contributed by atoms with Gasteiger partial charge < -0.3 is 10.2 Å². The fourth-order valence-electron chi connectivity index (χ4n) is 4.01. The van der Waals surface area contributed by atoms with Crippen molar-refractivity contribution in [3.63, 3.8) is 0 Å². The van der Waals surface area contributed by atoms with Crippen LogP contribution < -0.4 is 5.32 Å². The standard InChI is InChI=1S/C24H25FN4O2/c1-3-16-7-4-5-9-20(16)26-22(30)15-28(2)24(31)23-19-8-6-10-21(19)29(27-23)18-13-11-17(25)12-14-18/h4-5,7,9,11-14H,3,6,8,10,15H2,1-2H3,(H,26,30). The third-order valence-corrected chi connectivity index (χ3v) is 5.60. The fourth-order valence-corrected chi connectivity index (χ4v) is 4.01. The molecule has 2 amide bonds. The predicted molar refractivity (Wildman–Crippen MR) is 117 cm³/mol. The number of aryl methyl sites for hydroxylation is 1. The van der Waals surface area contributed by atoms with Crippen LogP contribution in [0.3, 0.4) is 0 Å². The average molecular weight is 420 g/mol. The van der Waals surface area contributed by atoms with E-state index < -0.39 is 0 Å². The second-order valence-electron chi connectivity index (χ2n) is 7.74. The van der Waals surface area contributed by atoms with Gasteiger partial charge in [-0.2, -0.15) is 5.10 Å². The molecule has 0 aliphatic heterocycles. The summed E-state index contributed by atoms with van der Waals surface area (Å²) in [5.41, 5.74) is 4.77. The number of hydrogen-bond acceptors (Lipinski definition) is 3. The molecule has 0 saturated heterocycles. The van der Waals surface area contributed by atoms with Gasteiger partial charge in [-0.15, -0.1) is 0 Å². The highest BCUT2D eigenvalue weighted by Gasteiger charge is 2.29. The topological polar surface area (TPSA) is 67.2 Å². The maximum absolute atomic E-state index is 13.3. The first-order valence-corrected chi connectivity index (χ1v) is 10.5. The minimum Gasteiger partial charge on any atom is -0.331 e. The molecule has 1 aromatic heterocycles. The molecule has 1 aliphatic carbocycles. The molecule has 160 valence electrons. The van der Waals surface area contributed by atoms with E-state index in [1.807, 2.05) is 31.2 Å². The molecule has 7 heteroatoms. The number of rotatable bonds is 6. The Morgan fingerprint density at radius 3 is 2.61 bits per heavy atom. The zero-order valence-corrected chi connectivity index (χ0v) is 17.7. The molecule has 0 bridgehead atoms. The molecule has 1 aliphatic rings. The molecule has 2 aromatic carbocycles. The Balaban J connectivity index is 1.52. The third kappa shape index (κ3) is 4.21. The van der Waals surface area contributed by atoms with Gasteiger partial charge in [-0.3, -0.25) is 9.59 Å². The van der Waals surface area contributed by atoms with Crippen molar-refractivity contribution < 1.29 is 14.0 Å². The Hall–Kier alpha value is -3.48. The number of para-hydroxylation sites is 1. The van der Waals surface area contributed by atoms with E-state index in [0.717, 1.165) is 53.9 Å². The summed E-state index contributed by atoms with van der Waals surface area (Å²) in [5, 5.41) is 7.44. The van der Waals surface area contributed by atoms with Gasteiger partial charge in [-0.25, -0.2) is 9.07 Å². The number of aromatic nitrogens is 2. The maximum Gasteiger partial charge on any atom is 0.274 e. The van der Waals surface area contributed by atoms with Crippen molar-refractivity contribution in [2.75, 3.05) is 18.9 Å². The van der Waals surface area contributed by atoms with E-state index in [-0.39, 0.29) is 24.2 Å². The molecule has 0 fully saturated rings. The highest BCUT2D eigenvalue weighted by Crippen LogP contribution is 2.28. The first-order chi connectivity index (χ1) is 15.0. The molecule has 0 unspecified atom stereocenters. The van der Waals surface area contributed by atoms with Gasteiger partial charge in [-0.1, -0.05) is 25.1 Å². The minimum atomic E-state index is -0.320. The first-order valence-electron chi connectivity index (χ1n) is 10.5. The van der Waals surface area contributed by atoms with Crippen molar-refractivity contribution in [1.29, 1.82) is 0 Å². The lowest BCUT2D eigenvalue weighted by molar-refractivity contribution is -0.116. The lowest BCUT2D eigenvalue weighted by Gasteiger charge is -2.17. The average Bonchev–Trinajstić information content (AvgIpc) is 3.37.